The van der Waals surface area contributed by atoms with Crippen LogP contribution in [0.5, 0.6) is 0 Å². The zero-order valence-corrected chi connectivity index (χ0v) is 13.7. The summed E-state index contributed by atoms with van der Waals surface area (Å²) in [6.07, 6.45) is 2.91. The highest BCUT2D eigenvalue weighted by Crippen LogP contribution is 2.25. The van der Waals surface area contributed by atoms with Gasteiger partial charge in [0.25, 0.3) is 0 Å². The lowest BCUT2D eigenvalue weighted by Gasteiger charge is -2.36. The molecule has 2 fully saturated rings. The van der Waals surface area contributed by atoms with Crippen LogP contribution in [0.15, 0.2) is 24.5 Å². The summed E-state index contributed by atoms with van der Waals surface area (Å²) in [5, 5.41) is 1.17. The Morgan fingerprint density at radius 2 is 2.04 bits per heavy atom. The van der Waals surface area contributed by atoms with Crippen molar-refractivity contribution >= 4 is 16.7 Å². The molecule has 2 aromatic rings. The monoisotopic (exact) mass is 312 g/mol. The second kappa shape index (κ2) is 6.42. The largest absolute Gasteiger partial charge is 0.381 e. The summed E-state index contributed by atoms with van der Waals surface area (Å²) in [4.78, 5) is 14.0. The van der Waals surface area contributed by atoms with Gasteiger partial charge in [-0.2, -0.15) is 0 Å². The number of anilines is 1. The summed E-state index contributed by atoms with van der Waals surface area (Å²) in [5.41, 5.74) is 2.29. The fraction of sp³-hybridized carbons (Fsp3) is 0.556. The van der Waals surface area contributed by atoms with Gasteiger partial charge >= 0.3 is 0 Å². The molecule has 5 heteroatoms. The molecule has 0 N–H and O–H groups in total. The standard InChI is InChI=1S/C18H24N4O/c1-14-2-3-17-16(10-14)18(20-13-19-17)22-7-5-21(6-8-22)11-15-4-9-23-12-15/h2-3,10,13,15H,4-9,11-12H2,1H3. The molecule has 2 aliphatic heterocycles. The fourth-order valence-corrected chi connectivity index (χ4v) is 3.64. The number of piperazine rings is 1. The van der Waals surface area contributed by atoms with Crippen LogP contribution >= 0.6 is 0 Å². The Labute approximate surface area is 137 Å². The molecule has 4 rings (SSSR count). The van der Waals surface area contributed by atoms with Gasteiger partial charge in [0, 0.05) is 44.7 Å². The SMILES string of the molecule is Cc1ccc2ncnc(N3CCN(CC4CCOC4)CC3)c2c1. The van der Waals surface area contributed by atoms with Gasteiger partial charge in [-0.25, -0.2) is 9.97 Å². The zero-order valence-electron chi connectivity index (χ0n) is 13.7. The molecule has 2 aliphatic rings. The van der Waals surface area contributed by atoms with Crippen molar-refractivity contribution in [3.63, 3.8) is 0 Å². The second-order valence-electron chi connectivity index (χ2n) is 6.74. The number of hydrogen-bond acceptors (Lipinski definition) is 5. The van der Waals surface area contributed by atoms with Crippen LogP contribution < -0.4 is 4.90 Å². The van der Waals surface area contributed by atoms with E-state index in [1.165, 1.54) is 23.9 Å². The van der Waals surface area contributed by atoms with Crippen molar-refractivity contribution < 1.29 is 4.74 Å². The molecule has 0 saturated carbocycles. The summed E-state index contributed by atoms with van der Waals surface area (Å²) < 4.78 is 5.49. The number of hydrogen-bond donors (Lipinski definition) is 0. The normalized spacial score (nSPS) is 22.8. The van der Waals surface area contributed by atoms with Crippen LogP contribution in [0.4, 0.5) is 5.82 Å². The summed E-state index contributed by atoms with van der Waals surface area (Å²) in [6, 6.07) is 6.40. The van der Waals surface area contributed by atoms with Crippen molar-refractivity contribution in [3.05, 3.63) is 30.1 Å². The van der Waals surface area contributed by atoms with Crippen LogP contribution in [0.25, 0.3) is 10.9 Å². The van der Waals surface area contributed by atoms with Gasteiger partial charge in [0.2, 0.25) is 0 Å². The lowest BCUT2D eigenvalue weighted by atomic mass is 10.1. The van der Waals surface area contributed by atoms with Crippen LogP contribution in [-0.2, 0) is 4.74 Å². The third-order valence-electron chi connectivity index (χ3n) is 4.98. The molecule has 1 unspecified atom stereocenters. The number of ether oxygens (including phenoxy) is 1. The van der Waals surface area contributed by atoms with E-state index in [0.717, 1.165) is 56.6 Å². The van der Waals surface area contributed by atoms with E-state index in [2.05, 4.69) is 44.9 Å². The third kappa shape index (κ3) is 3.16. The van der Waals surface area contributed by atoms with Crippen molar-refractivity contribution in [2.45, 2.75) is 13.3 Å². The van der Waals surface area contributed by atoms with Crippen molar-refractivity contribution in [2.24, 2.45) is 5.92 Å². The molecule has 1 aromatic carbocycles. The predicted molar refractivity (Wildman–Crippen MR) is 91.9 cm³/mol. The summed E-state index contributed by atoms with van der Waals surface area (Å²) in [7, 11) is 0. The maximum Gasteiger partial charge on any atom is 0.139 e. The molecule has 0 bridgehead atoms. The van der Waals surface area contributed by atoms with Gasteiger partial charge in [-0.05, 0) is 31.4 Å². The van der Waals surface area contributed by atoms with Crippen molar-refractivity contribution in [1.29, 1.82) is 0 Å². The van der Waals surface area contributed by atoms with Crippen molar-refractivity contribution in [1.82, 2.24) is 14.9 Å². The van der Waals surface area contributed by atoms with Crippen molar-refractivity contribution in [2.75, 3.05) is 50.8 Å². The highest BCUT2D eigenvalue weighted by Gasteiger charge is 2.24. The quantitative estimate of drug-likeness (QED) is 0.868. The molecule has 1 aromatic heterocycles. The molecule has 0 amide bonds. The minimum atomic E-state index is 0.726. The molecule has 3 heterocycles. The van der Waals surface area contributed by atoms with Crippen LogP contribution in [-0.4, -0.2) is 60.8 Å². The Kier molecular flexibility index (Phi) is 4.14. The molecule has 1 atom stereocenters. The third-order valence-corrected chi connectivity index (χ3v) is 4.98. The number of fused-ring (bicyclic) bond motifs is 1. The molecular formula is C18H24N4O. The van der Waals surface area contributed by atoms with Gasteiger partial charge in [-0.15, -0.1) is 0 Å². The lowest BCUT2D eigenvalue weighted by molar-refractivity contribution is 0.164. The van der Waals surface area contributed by atoms with E-state index in [9.17, 15) is 0 Å². The fourth-order valence-electron chi connectivity index (χ4n) is 3.64. The molecule has 0 radical (unpaired) electrons. The van der Waals surface area contributed by atoms with E-state index in [1.807, 2.05) is 0 Å². The van der Waals surface area contributed by atoms with E-state index in [-0.39, 0.29) is 0 Å². The number of rotatable bonds is 3. The molecule has 5 nitrogen and oxygen atoms in total. The average molecular weight is 312 g/mol. The summed E-state index contributed by atoms with van der Waals surface area (Å²) in [5.74, 6) is 1.81. The highest BCUT2D eigenvalue weighted by molar-refractivity contribution is 5.89. The van der Waals surface area contributed by atoms with Crippen LogP contribution in [0, 0.1) is 12.8 Å². The number of benzene rings is 1. The van der Waals surface area contributed by atoms with Gasteiger partial charge in [0.1, 0.15) is 12.1 Å². The predicted octanol–water partition coefficient (Wildman–Crippen LogP) is 2.10. The molecule has 2 saturated heterocycles. The first-order valence-electron chi connectivity index (χ1n) is 8.56. The Balaban J connectivity index is 1.47. The Bertz CT molecular complexity index is 676. The van der Waals surface area contributed by atoms with Crippen LogP contribution in [0.2, 0.25) is 0 Å². The van der Waals surface area contributed by atoms with Crippen LogP contribution in [0.3, 0.4) is 0 Å². The van der Waals surface area contributed by atoms with E-state index in [0.29, 0.717) is 0 Å². The topological polar surface area (TPSA) is 41.5 Å². The first kappa shape index (κ1) is 14.8. The average Bonchev–Trinajstić information content (AvgIpc) is 3.08. The van der Waals surface area contributed by atoms with Gasteiger partial charge in [0.15, 0.2) is 0 Å². The Morgan fingerprint density at radius 3 is 2.83 bits per heavy atom. The number of aryl methyl sites for hydroxylation is 1. The van der Waals surface area contributed by atoms with E-state index >= 15 is 0 Å². The zero-order chi connectivity index (χ0) is 15.6. The summed E-state index contributed by atoms with van der Waals surface area (Å²) in [6.45, 7) is 9.46. The van der Waals surface area contributed by atoms with E-state index in [1.54, 1.807) is 6.33 Å². The number of aromatic nitrogens is 2. The van der Waals surface area contributed by atoms with Gasteiger partial charge in [-0.1, -0.05) is 11.6 Å². The second-order valence-corrected chi connectivity index (χ2v) is 6.74. The first-order chi connectivity index (χ1) is 11.3. The maximum absolute atomic E-state index is 5.49. The van der Waals surface area contributed by atoms with Gasteiger partial charge < -0.3 is 9.64 Å². The first-order valence-corrected chi connectivity index (χ1v) is 8.56. The Hall–Kier alpha value is -1.72. The van der Waals surface area contributed by atoms with Gasteiger partial charge in [0.05, 0.1) is 12.1 Å². The molecule has 0 aliphatic carbocycles. The van der Waals surface area contributed by atoms with Crippen LogP contribution in [0.1, 0.15) is 12.0 Å². The molecule has 0 spiro atoms. The lowest BCUT2D eigenvalue weighted by Crippen LogP contribution is -2.48. The van der Waals surface area contributed by atoms with E-state index in [4.69, 9.17) is 4.74 Å². The van der Waals surface area contributed by atoms with Crippen molar-refractivity contribution in [3.8, 4) is 0 Å². The molecule has 23 heavy (non-hydrogen) atoms. The van der Waals surface area contributed by atoms with Gasteiger partial charge in [-0.3, -0.25) is 4.90 Å². The minimum Gasteiger partial charge on any atom is -0.381 e. The minimum absolute atomic E-state index is 0.726. The smallest absolute Gasteiger partial charge is 0.139 e. The highest BCUT2D eigenvalue weighted by atomic mass is 16.5. The molecular weight excluding hydrogens is 288 g/mol. The Morgan fingerprint density at radius 1 is 1.17 bits per heavy atom. The maximum atomic E-state index is 5.49. The number of nitrogens with zero attached hydrogens (tertiary/aromatic N) is 4. The summed E-state index contributed by atoms with van der Waals surface area (Å²) >= 11 is 0. The van der Waals surface area contributed by atoms with E-state index < -0.39 is 0 Å². The molecule has 122 valence electrons.